The van der Waals surface area contributed by atoms with Crippen molar-refractivity contribution in [3.8, 4) is 0 Å². The molecule has 132 valence electrons. The maximum Gasteiger partial charge on any atom is 0.251 e. The van der Waals surface area contributed by atoms with Gasteiger partial charge in [0, 0.05) is 25.7 Å². The highest BCUT2D eigenvalue weighted by molar-refractivity contribution is 5.81. The Labute approximate surface area is 142 Å². The highest BCUT2D eigenvalue weighted by Gasteiger charge is 2.42. The summed E-state index contributed by atoms with van der Waals surface area (Å²) in [5, 5.41) is 0. The number of amides is 1. The first-order chi connectivity index (χ1) is 11.7. The molecule has 1 amide bonds. The molecule has 1 aromatic heterocycles. The molecular weight excluding hydrogens is 308 g/mol. The summed E-state index contributed by atoms with van der Waals surface area (Å²) in [7, 11) is 0. The second-order valence-corrected chi connectivity index (χ2v) is 7.02. The van der Waals surface area contributed by atoms with E-state index in [0.717, 1.165) is 43.9 Å². The topological polar surface area (TPSA) is 55.2 Å². The number of nitrogens with zero attached hydrogens (tertiary/aromatic N) is 2. The van der Waals surface area contributed by atoms with Gasteiger partial charge in [0.05, 0.1) is 25.9 Å². The predicted octanol–water partition coefficient (Wildman–Crippen LogP) is 1.57. The van der Waals surface area contributed by atoms with Crippen molar-refractivity contribution >= 4 is 5.91 Å². The number of rotatable bonds is 3. The van der Waals surface area contributed by atoms with E-state index >= 15 is 0 Å². The van der Waals surface area contributed by atoms with E-state index in [2.05, 4.69) is 11.0 Å². The summed E-state index contributed by atoms with van der Waals surface area (Å²) in [4.78, 5) is 17.0. The van der Waals surface area contributed by atoms with Crippen LogP contribution >= 0.6 is 0 Å². The quantitative estimate of drug-likeness (QED) is 0.840. The highest BCUT2D eigenvalue weighted by Crippen LogP contribution is 2.33. The summed E-state index contributed by atoms with van der Waals surface area (Å²) in [6.07, 6.45) is 2.73. The number of fused-ring (bicyclic) bond motifs is 1. The Hall–Kier alpha value is -1.37. The van der Waals surface area contributed by atoms with Crippen LogP contribution < -0.4 is 0 Å². The molecule has 3 saturated heterocycles. The van der Waals surface area contributed by atoms with Crippen molar-refractivity contribution in [3.05, 3.63) is 23.7 Å². The number of hydrogen-bond donors (Lipinski definition) is 0. The molecular formula is C18H26N2O4. The summed E-state index contributed by atoms with van der Waals surface area (Å²) in [6, 6.07) is 4.47. The van der Waals surface area contributed by atoms with Gasteiger partial charge in [-0.15, -0.1) is 0 Å². The molecule has 1 aromatic rings. The molecule has 4 heterocycles. The predicted molar refractivity (Wildman–Crippen MR) is 87.6 cm³/mol. The fourth-order valence-corrected chi connectivity index (χ4v) is 4.15. The summed E-state index contributed by atoms with van der Waals surface area (Å²) in [5.41, 5.74) is 0. The maximum absolute atomic E-state index is 12.6. The molecule has 4 rings (SSSR count). The Balaban J connectivity index is 1.34. The summed E-state index contributed by atoms with van der Waals surface area (Å²) < 4.78 is 17.2. The van der Waals surface area contributed by atoms with Crippen LogP contribution in [-0.4, -0.2) is 66.8 Å². The van der Waals surface area contributed by atoms with Gasteiger partial charge in [-0.05, 0) is 38.3 Å². The molecule has 6 nitrogen and oxygen atoms in total. The molecule has 0 aromatic carbocycles. The van der Waals surface area contributed by atoms with E-state index in [4.69, 9.17) is 13.9 Å². The van der Waals surface area contributed by atoms with Crippen LogP contribution in [0.2, 0.25) is 0 Å². The summed E-state index contributed by atoms with van der Waals surface area (Å²) >= 11 is 0. The highest BCUT2D eigenvalue weighted by atomic mass is 16.5. The average Bonchev–Trinajstić information content (AvgIpc) is 3.21. The van der Waals surface area contributed by atoms with Crippen LogP contribution in [0.4, 0.5) is 0 Å². The standard InChI is InChI=1S/C18H26N2O4/c1-13-2-3-14(23-13)12-20-7-6-16-15(20)4-5-17(24-16)18(21)19-8-10-22-11-9-19/h2-3,15-17H,4-12H2,1H3/t15-,16-,17-/m1/s1. The van der Waals surface area contributed by atoms with E-state index in [0.29, 0.717) is 32.3 Å². The van der Waals surface area contributed by atoms with Gasteiger partial charge in [0.15, 0.2) is 0 Å². The van der Waals surface area contributed by atoms with E-state index in [-0.39, 0.29) is 18.1 Å². The number of carbonyl (C=O) groups excluding carboxylic acids is 1. The first kappa shape index (κ1) is 16.1. The van der Waals surface area contributed by atoms with Gasteiger partial charge in [-0.3, -0.25) is 9.69 Å². The first-order valence-corrected chi connectivity index (χ1v) is 9.02. The fourth-order valence-electron chi connectivity index (χ4n) is 4.15. The largest absolute Gasteiger partial charge is 0.465 e. The Bertz CT molecular complexity index is 581. The third-order valence-corrected chi connectivity index (χ3v) is 5.42. The van der Waals surface area contributed by atoms with Crippen LogP contribution in [0.1, 0.15) is 30.8 Å². The summed E-state index contributed by atoms with van der Waals surface area (Å²) in [5.74, 6) is 2.12. The van der Waals surface area contributed by atoms with E-state index < -0.39 is 0 Å². The van der Waals surface area contributed by atoms with Crippen molar-refractivity contribution in [2.24, 2.45) is 0 Å². The molecule has 6 heteroatoms. The number of furan rings is 1. The molecule has 0 bridgehead atoms. The van der Waals surface area contributed by atoms with Crippen LogP contribution in [0.25, 0.3) is 0 Å². The molecule has 3 atom stereocenters. The van der Waals surface area contributed by atoms with Gasteiger partial charge in [0.25, 0.3) is 5.91 Å². The molecule has 24 heavy (non-hydrogen) atoms. The van der Waals surface area contributed by atoms with Gasteiger partial charge in [0.1, 0.15) is 17.6 Å². The van der Waals surface area contributed by atoms with E-state index in [1.54, 1.807) is 0 Å². The number of morpholine rings is 1. The van der Waals surface area contributed by atoms with E-state index in [1.165, 1.54) is 0 Å². The monoisotopic (exact) mass is 334 g/mol. The van der Waals surface area contributed by atoms with Gasteiger partial charge >= 0.3 is 0 Å². The maximum atomic E-state index is 12.6. The van der Waals surface area contributed by atoms with Gasteiger partial charge in [-0.25, -0.2) is 0 Å². The molecule has 0 radical (unpaired) electrons. The Morgan fingerprint density at radius 1 is 1.17 bits per heavy atom. The van der Waals surface area contributed by atoms with Crippen molar-refractivity contribution in [3.63, 3.8) is 0 Å². The fraction of sp³-hybridized carbons (Fsp3) is 0.722. The van der Waals surface area contributed by atoms with Crippen LogP contribution in [0.3, 0.4) is 0 Å². The zero-order valence-electron chi connectivity index (χ0n) is 14.3. The second-order valence-electron chi connectivity index (χ2n) is 7.02. The van der Waals surface area contributed by atoms with Gasteiger partial charge in [-0.2, -0.15) is 0 Å². The molecule has 0 aliphatic carbocycles. The zero-order chi connectivity index (χ0) is 16.5. The van der Waals surface area contributed by atoms with Gasteiger partial charge in [-0.1, -0.05) is 0 Å². The lowest BCUT2D eigenvalue weighted by Crippen LogP contribution is -2.51. The third-order valence-electron chi connectivity index (χ3n) is 5.42. The zero-order valence-corrected chi connectivity index (χ0v) is 14.3. The Morgan fingerprint density at radius 3 is 2.75 bits per heavy atom. The van der Waals surface area contributed by atoms with Crippen LogP contribution in [0.5, 0.6) is 0 Å². The van der Waals surface area contributed by atoms with Crippen molar-refractivity contribution < 1.29 is 18.7 Å². The molecule has 0 spiro atoms. The normalized spacial score (nSPS) is 31.2. The molecule has 3 aliphatic heterocycles. The van der Waals surface area contributed by atoms with E-state index in [9.17, 15) is 4.79 Å². The molecule has 3 fully saturated rings. The summed E-state index contributed by atoms with van der Waals surface area (Å²) in [6.45, 7) is 6.48. The van der Waals surface area contributed by atoms with Gasteiger partial charge in [0.2, 0.25) is 0 Å². The van der Waals surface area contributed by atoms with Crippen LogP contribution in [0, 0.1) is 6.92 Å². The van der Waals surface area contributed by atoms with E-state index in [1.807, 2.05) is 17.9 Å². The molecule has 0 N–H and O–H groups in total. The molecule has 3 aliphatic rings. The van der Waals surface area contributed by atoms with Crippen LogP contribution in [-0.2, 0) is 20.8 Å². The second kappa shape index (κ2) is 6.86. The number of aryl methyl sites for hydroxylation is 1. The lowest BCUT2D eigenvalue weighted by Gasteiger charge is -2.37. The number of ether oxygens (including phenoxy) is 2. The lowest BCUT2D eigenvalue weighted by molar-refractivity contribution is -0.158. The smallest absolute Gasteiger partial charge is 0.251 e. The van der Waals surface area contributed by atoms with Crippen molar-refractivity contribution in [2.45, 2.75) is 51.0 Å². The first-order valence-electron chi connectivity index (χ1n) is 9.02. The number of likely N-dealkylation sites (tertiary alicyclic amines) is 1. The number of hydrogen-bond acceptors (Lipinski definition) is 5. The Morgan fingerprint density at radius 2 is 2.00 bits per heavy atom. The lowest BCUT2D eigenvalue weighted by atomic mass is 9.98. The SMILES string of the molecule is Cc1ccc(CN2CC[C@H]3O[C@@H](C(=O)N4CCOCC4)CC[C@H]32)o1. The minimum Gasteiger partial charge on any atom is -0.465 e. The molecule has 0 unspecified atom stereocenters. The minimum absolute atomic E-state index is 0.150. The van der Waals surface area contributed by atoms with Gasteiger partial charge < -0.3 is 18.8 Å². The molecule has 0 saturated carbocycles. The minimum atomic E-state index is -0.268. The van der Waals surface area contributed by atoms with Crippen molar-refractivity contribution in [2.75, 3.05) is 32.8 Å². The Kier molecular flexibility index (Phi) is 4.61. The van der Waals surface area contributed by atoms with Crippen molar-refractivity contribution in [1.29, 1.82) is 0 Å². The third kappa shape index (κ3) is 3.23. The number of carbonyl (C=O) groups is 1. The van der Waals surface area contributed by atoms with Crippen LogP contribution in [0.15, 0.2) is 16.5 Å². The average molecular weight is 334 g/mol. The van der Waals surface area contributed by atoms with Crippen molar-refractivity contribution in [1.82, 2.24) is 9.80 Å².